The summed E-state index contributed by atoms with van der Waals surface area (Å²) in [6.45, 7) is 0.791. The number of aryl methyl sites for hydroxylation is 1. The summed E-state index contributed by atoms with van der Waals surface area (Å²) in [6.07, 6.45) is 1.78. The molecule has 1 heterocycles. The largest absolute Gasteiger partial charge is 0.384 e. The summed E-state index contributed by atoms with van der Waals surface area (Å²) in [5.74, 6) is -0.300. The van der Waals surface area contributed by atoms with Gasteiger partial charge in [0.1, 0.15) is 11.9 Å². The van der Waals surface area contributed by atoms with Crippen molar-refractivity contribution in [2.45, 2.75) is 43.8 Å². The molecular formula is C29H35Cl2N5O2. The lowest BCUT2D eigenvalue weighted by molar-refractivity contribution is -0.139. The van der Waals surface area contributed by atoms with Crippen molar-refractivity contribution in [3.05, 3.63) is 107 Å². The Morgan fingerprint density at radius 3 is 2.13 bits per heavy atom. The van der Waals surface area contributed by atoms with Crippen LogP contribution in [0.2, 0.25) is 0 Å². The Morgan fingerprint density at radius 2 is 1.53 bits per heavy atom. The molecule has 9 heteroatoms. The molecule has 0 aliphatic carbocycles. The van der Waals surface area contributed by atoms with Gasteiger partial charge in [0, 0.05) is 24.6 Å². The van der Waals surface area contributed by atoms with Crippen LogP contribution in [-0.4, -0.2) is 41.2 Å². The second-order valence-electron chi connectivity index (χ2n) is 9.31. The average molecular weight is 557 g/mol. The van der Waals surface area contributed by atoms with Crippen molar-refractivity contribution in [3.8, 4) is 0 Å². The number of likely N-dealkylation sites (tertiary alicyclic amines) is 1. The van der Waals surface area contributed by atoms with Gasteiger partial charge in [0.2, 0.25) is 11.8 Å². The van der Waals surface area contributed by atoms with E-state index in [0.717, 1.165) is 16.7 Å². The third-order valence-corrected chi connectivity index (χ3v) is 6.79. The van der Waals surface area contributed by atoms with Gasteiger partial charge in [0.05, 0.1) is 6.04 Å². The number of nitrogens with one attached hydrogen (secondary N) is 2. The first-order valence-electron chi connectivity index (χ1n) is 12.3. The molecule has 0 aromatic heterocycles. The maximum absolute atomic E-state index is 13.4. The molecule has 3 aromatic carbocycles. The number of benzene rings is 3. The molecule has 4 rings (SSSR count). The zero-order valence-corrected chi connectivity index (χ0v) is 22.7. The molecule has 202 valence electrons. The summed E-state index contributed by atoms with van der Waals surface area (Å²) in [5.41, 5.74) is 15.6. The number of carbonyl (C=O) groups excluding carboxylic acids is 2. The fraction of sp³-hybridized carbons (Fsp3) is 0.276. The third-order valence-electron chi connectivity index (χ3n) is 6.79. The van der Waals surface area contributed by atoms with Crippen molar-refractivity contribution in [3.63, 3.8) is 0 Å². The summed E-state index contributed by atoms with van der Waals surface area (Å²) in [5, 5.41) is 10.5. The van der Waals surface area contributed by atoms with Crippen LogP contribution in [0, 0.1) is 5.41 Å². The van der Waals surface area contributed by atoms with Crippen LogP contribution in [0.4, 0.5) is 0 Å². The van der Waals surface area contributed by atoms with Crippen molar-refractivity contribution in [2.75, 3.05) is 6.54 Å². The van der Waals surface area contributed by atoms with Crippen molar-refractivity contribution in [1.82, 2.24) is 10.2 Å². The molecule has 1 aliphatic heterocycles. The van der Waals surface area contributed by atoms with E-state index < -0.39 is 12.1 Å². The van der Waals surface area contributed by atoms with Gasteiger partial charge in [-0.2, -0.15) is 0 Å². The van der Waals surface area contributed by atoms with Crippen molar-refractivity contribution in [2.24, 2.45) is 11.5 Å². The molecule has 3 aromatic rings. The average Bonchev–Trinajstić information content (AvgIpc) is 3.37. The van der Waals surface area contributed by atoms with Crippen molar-refractivity contribution >= 4 is 42.5 Å². The normalized spacial score (nSPS) is 17.0. The topological polar surface area (TPSA) is 125 Å². The maximum atomic E-state index is 13.4. The van der Waals surface area contributed by atoms with E-state index in [2.05, 4.69) is 5.32 Å². The van der Waals surface area contributed by atoms with E-state index in [1.807, 2.05) is 72.8 Å². The quantitative estimate of drug-likeness (QED) is 0.237. The zero-order valence-electron chi connectivity index (χ0n) is 21.1. The van der Waals surface area contributed by atoms with E-state index >= 15 is 0 Å². The molecule has 7 nitrogen and oxygen atoms in total. The van der Waals surface area contributed by atoms with Crippen LogP contribution in [0.3, 0.4) is 0 Å². The molecule has 1 fully saturated rings. The number of amidine groups is 1. The minimum Gasteiger partial charge on any atom is -0.384 e. The predicted octanol–water partition coefficient (Wildman–Crippen LogP) is 3.78. The van der Waals surface area contributed by atoms with Crippen molar-refractivity contribution < 1.29 is 9.59 Å². The van der Waals surface area contributed by atoms with E-state index in [-0.39, 0.29) is 48.4 Å². The number of carbonyl (C=O) groups is 2. The fourth-order valence-corrected chi connectivity index (χ4v) is 4.71. The monoisotopic (exact) mass is 555 g/mol. The van der Waals surface area contributed by atoms with Gasteiger partial charge in [0.15, 0.2) is 0 Å². The first-order valence-corrected chi connectivity index (χ1v) is 12.3. The summed E-state index contributed by atoms with van der Waals surface area (Å²) in [4.78, 5) is 28.4. The Morgan fingerprint density at radius 1 is 0.921 bits per heavy atom. The second kappa shape index (κ2) is 14.5. The van der Waals surface area contributed by atoms with E-state index in [0.29, 0.717) is 37.9 Å². The molecule has 0 radical (unpaired) electrons. The Balaban J connectivity index is 0.00000253. The second-order valence-corrected chi connectivity index (χ2v) is 9.31. The van der Waals surface area contributed by atoms with E-state index in [1.165, 1.54) is 0 Å². The van der Waals surface area contributed by atoms with Crippen LogP contribution < -0.4 is 16.8 Å². The molecule has 2 amide bonds. The molecule has 0 spiro atoms. The van der Waals surface area contributed by atoms with Crippen LogP contribution in [0.25, 0.3) is 0 Å². The van der Waals surface area contributed by atoms with E-state index in [1.54, 1.807) is 17.0 Å². The van der Waals surface area contributed by atoms with Crippen LogP contribution in [0.15, 0.2) is 84.9 Å². The number of rotatable bonds is 9. The SMILES string of the molecule is Cl.Cl.N=C(N)c1ccc(CNC(=O)[C@@H]2C[C@@H](c3ccccc3)CN2C(=O)[C@H](N)CCc2ccccc2)cc1. The lowest BCUT2D eigenvalue weighted by atomic mass is 9.96. The number of hydrogen-bond donors (Lipinski definition) is 4. The third kappa shape index (κ3) is 7.81. The van der Waals surface area contributed by atoms with Gasteiger partial charge in [0.25, 0.3) is 0 Å². The summed E-state index contributed by atoms with van der Waals surface area (Å²) in [6, 6.07) is 25.9. The van der Waals surface area contributed by atoms with Gasteiger partial charge < -0.3 is 21.7 Å². The Hall–Kier alpha value is -3.39. The minimum atomic E-state index is -0.672. The van der Waals surface area contributed by atoms with E-state index in [4.69, 9.17) is 16.9 Å². The molecule has 3 atom stereocenters. The number of nitrogen functional groups attached to an aromatic ring is 1. The lowest BCUT2D eigenvalue weighted by Crippen LogP contribution is -2.51. The van der Waals surface area contributed by atoms with Crippen LogP contribution in [-0.2, 0) is 22.6 Å². The Labute approximate surface area is 236 Å². The molecular weight excluding hydrogens is 521 g/mol. The van der Waals surface area contributed by atoms with Crippen LogP contribution in [0.5, 0.6) is 0 Å². The van der Waals surface area contributed by atoms with Crippen LogP contribution >= 0.6 is 24.8 Å². The van der Waals surface area contributed by atoms with Gasteiger partial charge in [-0.05, 0) is 36.0 Å². The van der Waals surface area contributed by atoms with Gasteiger partial charge in [-0.25, -0.2) is 0 Å². The number of nitrogens with two attached hydrogens (primary N) is 2. The lowest BCUT2D eigenvalue weighted by Gasteiger charge is -2.27. The van der Waals surface area contributed by atoms with Gasteiger partial charge >= 0.3 is 0 Å². The standard InChI is InChI=1S/C29H33N5O2.2ClH/c30-25(16-13-20-7-3-1-4-8-20)29(36)34-19-24(22-9-5-2-6-10-22)17-26(34)28(35)33-18-21-11-14-23(15-12-21)27(31)32;;/h1-12,14-15,24-26H,13,16-19,30H2,(H3,31,32)(H,33,35);2*1H/t24-,25-,26+;;/m1../s1. The molecule has 38 heavy (non-hydrogen) atoms. The summed E-state index contributed by atoms with van der Waals surface area (Å²) >= 11 is 0. The molecule has 0 unspecified atom stereocenters. The number of hydrogen-bond acceptors (Lipinski definition) is 4. The van der Waals surface area contributed by atoms with E-state index in [9.17, 15) is 9.59 Å². The van der Waals surface area contributed by atoms with Gasteiger partial charge in [-0.15, -0.1) is 24.8 Å². The Kier molecular flexibility index (Phi) is 11.8. The molecule has 0 bridgehead atoms. The highest BCUT2D eigenvalue weighted by molar-refractivity contribution is 5.95. The van der Waals surface area contributed by atoms with Gasteiger partial charge in [-0.3, -0.25) is 15.0 Å². The maximum Gasteiger partial charge on any atom is 0.243 e. The number of nitrogens with zero attached hydrogens (tertiary/aromatic N) is 1. The smallest absolute Gasteiger partial charge is 0.243 e. The zero-order chi connectivity index (χ0) is 25.5. The van der Waals surface area contributed by atoms with Gasteiger partial charge in [-0.1, -0.05) is 84.9 Å². The summed E-state index contributed by atoms with van der Waals surface area (Å²) in [7, 11) is 0. The number of halogens is 2. The molecule has 6 N–H and O–H groups in total. The fourth-order valence-electron chi connectivity index (χ4n) is 4.71. The molecule has 1 saturated heterocycles. The number of amides is 2. The highest BCUT2D eigenvalue weighted by Gasteiger charge is 2.41. The van der Waals surface area contributed by atoms with Crippen LogP contribution in [0.1, 0.15) is 41.0 Å². The minimum absolute atomic E-state index is 0. The summed E-state index contributed by atoms with van der Waals surface area (Å²) < 4.78 is 0. The van der Waals surface area contributed by atoms with Crippen molar-refractivity contribution in [1.29, 1.82) is 5.41 Å². The highest BCUT2D eigenvalue weighted by Crippen LogP contribution is 2.32. The Bertz CT molecular complexity index is 1190. The first-order chi connectivity index (χ1) is 17.4. The molecule has 1 aliphatic rings. The first kappa shape index (κ1) is 30.8. The predicted molar refractivity (Wildman–Crippen MR) is 156 cm³/mol. The highest BCUT2D eigenvalue weighted by atomic mass is 35.5. The molecule has 0 saturated carbocycles.